The number of sulfonamides is 1. The molecule has 8 nitrogen and oxygen atoms in total. The van der Waals surface area contributed by atoms with Crippen LogP contribution in [-0.2, 0) is 19.6 Å². The molecule has 0 aromatic carbocycles. The molecular formula is C13H25N3O5S. The van der Waals surface area contributed by atoms with Gasteiger partial charge in [0, 0.05) is 32.6 Å². The lowest BCUT2D eigenvalue weighted by atomic mass is 10.0. The van der Waals surface area contributed by atoms with Gasteiger partial charge < -0.3 is 20.1 Å². The smallest absolute Gasteiger partial charge is 0.219 e. The van der Waals surface area contributed by atoms with Crippen LogP contribution in [-0.4, -0.2) is 81.1 Å². The molecule has 0 aromatic heterocycles. The van der Waals surface area contributed by atoms with E-state index in [0.29, 0.717) is 6.61 Å². The summed E-state index contributed by atoms with van der Waals surface area (Å²) in [4.78, 5) is 13.1. The number of carbonyl (C=O) groups is 1. The van der Waals surface area contributed by atoms with Crippen molar-refractivity contribution in [3.8, 4) is 0 Å². The molecule has 2 aliphatic rings. The predicted molar refractivity (Wildman–Crippen MR) is 80.8 cm³/mol. The maximum absolute atomic E-state index is 11.3. The van der Waals surface area contributed by atoms with Crippen LogP contribution in [0.4, 0.5) is 0 Å². The summed E-state index contributed by atoms with van der Waals surface area (Å²) in [6, 6.07) is 0.0284. The van der Waals surface area contributed by atoms with Gasteiger partial charge in [0.05, 0.1) is 31.1 Å². The van der Waals surface area contributed by atoms with Gasteiger partial charge in [-0.25, -0.2) is 13.1 Å². The van der Waals surface area contributed by atoms with Crippen molar-refractivity contribution in [1.82, 2.24) is 14.9 Å². The first-order chi connectivity index (χ1) is 10.3. The second kappa shape index (κ2) is 7.22. The summed E-state index contributed by atoms with van der Waals surface area (Å²) in [7, 11) is -3.29. The molecule has 0 aliphatic carbocycles. The fourth-order valence-corrected chi connectivity index (χ4v) is 3.37. The van der Waals surface area contributed by atoms with Crippen LogP contribution in [0.3, 0.4) is 0 Å². The van der Waals surface area contributed by atoms with Gasteiger partial charge in [-0.1, -0.05) is 0 Å². The number of aliphatic hydroxyl groups excluding tert-OH is 1. The Balaban J connectivity index is 1.77. The monoisotopic (exact) mass is 335 g/mol. The van der Waals surface area contributed by atoms with E-state index in [4.69, 9.17) is 4.74 Å². The Morgan fingerprint density at radius 2 is 2.00 bits per heavy atom. The predicted octanol–water partition coefficient (Wildman–Crippen LogP) is -1.74. The van der Waals surface area contributed by atoms with Crippen LogP contribution in [0.5, 0.6) is 0 Å². The lowest BCUT2D eigenvalue weighted by Crippen LogP contribution is -2.51. The van der Waals surface area contributed by atoms with Crippen LogP contribution in [0.1, 0.15) is 19.8 Å². The molecule has 2 rings (SSSR count). The molecule has 128 valence electrons. The number of hydrogen-bond acceptors (Lipinski definition) is 6. The van der Waals surface area contributed by atoms with Gasteiger partial charge >= 0.3 is 0 Å². The van der Waals surface area contributed by atoms with E-state index in [-0.39, 0.29) is 24.5 Å². The van der Waals surface area contributed by atoms with Crippen LogP contribution in [0, 0.1) is 0 Å². The normalized spacial score (nSPS) is 30.7. The lowest BCUT2D eigenvalue weighted by molar-refractivity contribution is -0.129. The van der Waals surface area contributed by atoms with E-state index in [1.165, 1.54) is 0 Å². The second-order valence-electron chi connectivity index (χ2n) is 6.04. The highest BCUT2D eigenvalue weighted by Crippen LogP contribution is 2.18. The molecule has 3 unspecified atom stereocenters. The van der Waals surface area contributed by atoms with Crippen LogP contribution < -0.4 is 10.0 Å². The fraction of sp³-hybridized carbons (Fsp3) is 0.923. The summed E-state index contributed by atoms with van der Waals surface area (Å²) in [6.45, 7) is 3.43. The molecule has 2 saturated heterocycles. The van der Waals surface area contributed by atoms with Crippen molar-refractivity contribution in [3.63, 3.8) is 0 Å². The zero-order valence-corrected chi connectivity index (χ0v) is 13.8. The second-order valence-corrected chi connectivity index (χ2v) is 7.87. The molecule has 0 saturated carbocycles. The molecule has 0 spiro atoms. The number of nitrogens with one attached hydrogen (secondary N) is 2. The SMILES string of the molecule is CC(=O)N1CCC(NC2COC(CNS(C)(=O)=O)C2O)CC1. The van der Waals surface area contributed by atoms with Crippen LogP contribution >= 0.6 is 0 Å². The summed E-state index contributed by atoms with van der Waals surface area (Å²) in [6.07, 6.45) is 1.47. The van der Waals surface area contributed by atoms with Crippen LogP contribution in [0.25, 0.3) is 0 Å². The fourth-order valence-electron chi connectivity index (χ4n) is 2.91. The first kappa shape index (κ1) is 17.6. The molecule has 3 N–H and O–H groups in total. The van der Waals surface area contributed by atoms with Gasteiger partial charge in [0.15, 0.2) is 0 Å². The molecule has 0 bridgehead atoms. The van der Waals surface area contributed by atoms with Crippen LogP contribution in [0.2, 0.25) is 0 Å². The third-order valence-corrected chi connectivity index (χ3v) is 4.91. The Morgan fingerprint density at radius 1 is 1.36 bits per heavy atom. The van der Waals surface area contributed by atoms with E-state index in [1.54, 1.807) is 6.92 Å². The topological polar surface area (TPSA) is 108 Å². The van der Waals surface area contributed by atoms with Gasteiger partial charge in [0.1, 0.15) is 0 Å². The number of likely N-dealkylation sites (tertiary alicyclic amines) is 1. The summed E-state index contributed by atoms with van der Waals surface area (Å²) in [5, 5.41) is 13.6. The number of ether oxygens (including phenoxy) is 1. The van der Waals surface area contributed by atoms with E-state index >= 15 is 0 Å². The highest BCUT2D eigenvalue weighted by Gasteiger charge is 2.37. The third-order valence-electron chi connectivity index (χ3n) is 4.22. The van der Waals surface area contributed by atoms with Crippen molar-refractivity contribution in [2.24, 2.45) is 0 Å². The Bertz CT molecular complexity index is 490. The zero-order chi connectivity index (χ0) is 16.3. The number of carbonyl (C=O) groups excluding carboxylic acids is 1. The standard InChI is InChI=1S/C13H25N3O5S/c1-9(17)16-5-3-10(4-6-16)15-11-8-21-12(13(11)18)7-14-22(2,19)20/h10-15,18H,3-8H2,1-2H3. The van der Waals surface area contributed by atoms with E-state index in [0.717, 1.165) is 32.2 Å². The maximum atomic E-state index is 11.3. The van der Waals surface area contributed by atoms with E-state index in [9.17, 15) is 18.3 Å². The molecule has 0 aromatic rings. The van der Waals surface area contributed by atoms with Gasteiger partial charge in [-0.2, -0.15) is 0 Å². The Hall–Kier alpha value is -0.740. The molecule has 2 heterocycles. The Morgan fingerprint density at radius 3 is 2.55 bits per heavy atom. The minimum atomic E-state index is -3.29. The minimum Gasteiger partial charge on any atom is -0.389 e. The van der Waals surface area contributed by atoms with Gasteiger partial charge in [-0.3, -0.25) is 4.79 Å². The average Bonchev–Trinajstić information content (AvgIpc) is 2.77. The Kier molecular flexibility index (Phi) is 5.78. The zero-order valence-electron chi connectivity index (χ0n) is 13.0. The largest absolute Gasteiger partial charge is 0.389 e. The summed E-state index contributed by atoms with van der Waals surface area (Å²) in [5.41, 5.74) is 0. The maximum Gasteiger partial charge on any atom is 0.219 e. The van der Waals surface area contributed by atoms with Crippen LogP contribution in [0.15, 0.2) is 0 Å². The molecule has 2 aliphatic heterocycles. The Labute approximate surface area is 131 Å². The van der Waals surface area contributed by atoms with Crippen molar-refractivity contribution in [2.45, 2.75) is 44.1 Å². The molecule has 0 radical (unpaired) electrons. The molecule has 9 heteroatoms. The lowest BCUT2D eigenvalue weighted by Gasteiger charge is -2.33. The number of aliphatic hydroxyl groups is 1. The molecule has 1 amide bonds. The van der Waals surface area contributed by atoms with Gasteiger partial charge in [0.25, 0.3) is 0 Å². The number of hydrogen-bond donors (Lipinski definition) is 3. The van der Waals surface area contributed by atoms with E-state index in [2.05, 4.69) is 10.0 Å². The molecular weight excluding hydrogens is 310 g/mol. The third kappa shape index (κ3) is 4.88. The van der Waals surface area contributed by atoms with Gasteiger partial charge in [-0.05, 0) is 12.8 Å². The van der Waals surface area contributed by atoms with Crippen molar-refractivity contribution in [2.75, 3.05) is 32.5 Å². The first-order valence-electron chi connectivity index (χ1n) is 7.52. The highest BCUT2D eigenvalue weighted by molar-refractivity contribution is 7.88. The first-order valence-corrected chi connectivity index (χ1v) is 9.41. The minimum absolute atomic E-state index is 0.0704. The summed E-state index contributed by atoms with van der Waals surface area (Å²) >= 11 is 0. The summed E-state index contributed by atoms with van der Waals surface area (Å²) < 4.78 is 30.0. The quantitative estimate of drug-likeness (QED) is 0.551. The number of rotatable bonds is 5. The molecule has 22 heavy (non-hydrogen) atoms. The number of piperidine rings is 1. The summed E-state index contributed by atoms with van der Waals surface area (Å²) in [5.74, 6) is 0.0922. The molecule has 2 fully saturated rings. The van der Waals surface area contributed by atoms with Crippen molar-refractivity contribution in [1.29, 1.82) is 0 Å². The van der Waals surface area contributed by atoms with Crippen molar-refractivity contribution in [3.05, 3.63) is 0 Å². The molecule has 3 atom stereocenters. The number of amides is 1. The number of nitrogens with zero attached hydrogens (tertiary/aromatic N) is 1. The van der Waals surface area contributed by atoms with Crippen molar-refractivity contribution >= 4 is 15.9 Å². The average molecular weight is 335 g/mol. The van der Waals surface area contributed by atoms with Gasteiger partial charge in [-0.15, -0.1) is 0 Å². The van der Waals surface area contributed by atoms with E-state index < -0.39 is 22.2 Å². The van der Waals surface area contributed by atoms with Gasteiger partial charge in [0.2, 0.25) is 15.9 Å². The highest BCUT2D eigenvalue weighted by atomic mass is 32.2. The van der Waals surface area contributed by atoms with Crippen molar-refractivity contribution < 1.29 is 23.1 Å². The van der Waals surface area contributed by atoms with E-state index in [1.807, 2.05) is 4.90 Å².